The van der Waals surface area contributed by atoms with Gasteiger partial charge in [-0.05, 0) is 42.5 Å². The summed E-state index contributed by atoms with van der Waals surface area (Å²) in [7, 11) is 1.69. The number of aromatic nitrogens is 1. The van der Waals surface area contributed by atoms with Crippen LogP contribution < -0.4 is 4.74 Å². The number of aromatic carboxylic acids is 1. The van der Waals surface area contributed by atoms with Gasteiger partial charge in [0.05, 0.1) is 6.57 Å². The number of benzene rings is 2. The van der Waals surface area contributed by atoms with Gasteiger partial charge in [0.25, 0.3) is 0 Å². The molecule has 6 heteroatoms. The Bertz CT molecular complexity index is 1060. The van der Waals surface area contributed by atoms with Crippen LogP contribution in [-0.2, 0) is 13.5 Å². The lowest BCUT2D eigenvalue weighted by molar-refractivity contribution is 0.0687. The molecule has 0 atom stereocenters. The third kappa shape index (κ3) is 3.49. The molecule has 2 aromatic carbocycles. The highest BCUT2D eigenvalue weighted by Gasteiger charge is 2.25. The second kappa shape index (κ2) is 8.24. The predicted octanol–water partition coefficient (Wildman–Crippen LogP) is 6.02. The van der Waals surface area contributed by atoms with Crippen LogP contribution >= 0.6 is 11.8 Å². The zero-order valence-corrected chi connectivity index (χ0v) is 16.7. The fourth-order valence-electron chi connectivity index (χ4n) is 3.29. The third-order valence-electron chi connectivity index (χ3n) is 4.58. The maximum atomic E-state index is 11.8. The van der Waals surface area contributed by atoms with E-state index in [4.69, 9.17) is 11.3 Å². The predicted molar refractivity (Wildman–Crippen MR) is 112 cm³/mol. The summed E-state index contributed by atoms with van der Waals surface area (Å²) in [6, 6.07) is 15.0. The number of carboxylic acid groups (broad SMARTS) is 1. The van der Waals surface area contributed by atoms with Crippen LogP contribution in [-0.4, -0.2) is 21.9 Å². The maximum Gasteiger partial charge on any atom is 0.351 e. The van der Waals surface area contributed by atoms with Gasteiger partial charge in [0.1, 0.15) is 17.2 Å². The van der Waals surface area contributed by atoms with Gasteiger partial charge in [-0.15, -0.1) is 11.8 Å². The fourth-order valence-corrected chi connectivity index (χ4v) is 3.81. The van der Waals surface area contributed by atoms with E-state index in [1.807, 2.05) is 37.4 Å². The van der Waals surface area contributed by atoms with Crippen molar-refractivity contribution in [1.82, 2.24) is 4.57 Å². The Labute approximate surface area is 168 Å². The van der Waals surface area contributed by atoms with Gasteiger partial charge in [-0.2, -0.15) is 0 Å². The Morgan fingerprint density at radius 3 is 2.46 bits per heavy atom. The Morgan fingerprint density at radius 1 is 1.21 bits per heavy atom. The fraction of sp³-hybridized carbons (Fsp3) is 0.182. The SMILES string of the molecule is [C-]#[N+]c1c(-c2ccc(Oc3ccccc3SC)cc2)c(C(=O)O)n(C)c1CC. The van der Waals surface area contributed by atoms with E-state index in [1.165, 1.54) is 0 Å². The van der Waals surface area contributed by atoms with Crippen molar-refractivity contribution in [3.63, 3.8) is 0 Å². The molecular formula is C22H20N2O3S. The van der Waals surface area contributed by atoms with Crippen molar-refractivity contribution >= 4 is 23.4 Å². The minimum Gasteiger partial charge on any atom is -0.477 e. The summed E-state index contributed by atoms with van der Waals surface area (Å²) in [4.78, 5) is 16.5. The molecule has 142 valence electrons. The summed E-state index contributed by atoms with van der Waals surface area (Å²) in [6.45, 7) is 9.47. The summed E-state index contributed by atoms with van der Waals surface area (Å²) in [5.74, 6) is 0.373. The smallest absolute Gasteiger partial charge is 0.351 e. The zero-order valence-electron chi connectivity index (χ0n) is 15.9. The molecule has 5 nitrogen and oxygen atoms in total. The molecule has 0 saturated heterocycles. The van der Waals surface area contributed by atoms with Crippen molar-refractivity contribution < 1.29 is 14.6 Å². The highest BCUT2D eigenvalue weighted by Crippen LogP contribution is 2.40. The first-order chi connectivity index (χ1) is 13.5. The van der Waals surface area contributed by atoms with E-state index in [9.17, 15) is 9.90 Å². The van der Waals surface area contributed by atoms with E-state index in [0.29, 0.717) is 29.0 Å². The number of carboxylic acids is 1. The number of nitrogens with zero attached hydrogens (tertiary/aromatic N) is 2. The van der Waals surface area contributed by atoms with Gasteiger partial charge >= 0.3 is 5.97 Å². The molecule has 3 rings (SSSR count). The highest BCUT2D eigenvalue weighted by molar-refractivity contribution is 7.98. The van der Waals surface area contributed by atoms with Crippen LogP contribution in [0.1, 0.15) is 23.1 Å². The van der Waals surface area contributed by atoms with E-state index in [-0.39, 0.29) is 5.69 Å². The van der Waals surface area contributed by atoms with E-state index in [1.54, 1.807) is 47.6 Å². The maximum absolute atomic E-state index is 11.8. The van der Waals surface area contributed by atoms with E-state index in [0.717, 1.165) is 16.3 Å². The molecule has 0 aliphatic rings. The molecule has 1 N–H and O–H groups in total. The second-order valence-electron chi connectivity index (χ2n) is 6.13. The molecule has 0 radical (unpaired) electrons. The Kier molecular flexibility index (Phi) is 5.76. The van der Waals surface area contributed by atoms with E-state index in [2.05, 4.69) is 4.85 Å². The van der Waals surface area contributed by atoms with Gasteiger partial charge in [0.15, 0.2) is 0 Å². The van der Waals surface area contributed by atoms with Gasteiger partial charge in [-0.3, -0.25) is 0 Å². The molecule has 1 heterocycles. The molecule has 0 amide bonds. The molecule has 0 unspecified atom stereocenters. The van der Waals surface area contributed by atoms with Crippen molar-refractivity contribution in [2.45, 2.75) is 18.2 Å². The van der Waals surface area contributed by atoms with Gasteiger partial charge in [-0.25, -0.2) is 9.64 Å². The number of thioether (sulfide) groups is 1. The van der Waals surface area contributed by atoms with Gasteiger partial charge in [0.2, 0.25) is 5.69 Å². The van der Waals surface area contributed by atoms with Gasteiger partial charge in [0, 0.05) is 23.2 Å². The van der Waals surface area contributed by atoms with Crippen molar-refractivity contribution in [3.05, 3.63) is 71.3 Å². The van der Waals surface area contributed by atoms with Crippen LogP contribution in [0.25, 0.3) is 16.0 Å². The number of hydrogen-bond acceptors (Lipinski definition) is 3. The van der Waals surface area contributed by atoms with Crippen molar-refractivity contribution in [3.8, 4) is 22.6 Å². The zero-order chi connectivity index (χ0) is 20.3. The quantitative estimate of drug-likeness (QED) is 0.412. The Hall–Kier alpha value is -3.17. The minimum atomic E-state index is -1.05. The molecular weight excluding hydrogens is 372 g/mol. The number of hydrogen-bond donors (Lipinski definition) is 1. The first-order valence-corrected chi connectivity index (χ1v) is 9.97. The number of para-hydroxylation sites is 1. The first-order valence-electron chi connectivity index (χ1n) is 8.75. The Morgan fingerprint density at radius 2 is 1.89 bits per heavy atom. The van der Waals surface area contributed by atoms with Crippen molar-refractivity contribution in [2.24, 2.45) is 7.05 Å². The van der Waals surface area contributed by atoms with Crippen LogP contribution in [0.3, 0.4) is 0 Å². The van der Waals surface area contributed by atoms with Crippen LogP contribution in [0.2, 0.25) is 0 Å². The standard InChI is InChI=1S/C22H20N2O3S/c1-5-16-20(23-2)19(21(22(25)26)24(16)3)14-10-12-15(13-11-14)27-17-8-6-7-9-18(17)28-4/h6-13H,5H2,1,3-4H3,(H,25,26). The van der Waals surface area contributed by atoms with E-state index < -0.39 is 5.97 Å². The highest BCUT2D eigenvalue weighted by atomic mass is 32.2. The molecule has 3 aromatic rings. The first kappa shape index (κ1) is 19.6. The third-order valence-corrected chi connectivity index (χ3v) is 5.35. The molecule has 0 bridgehead atoms. The molecule has 0 saturated carbocycles. The van der Waals surface area contributed by atoms with Crippen LogP contribution in [0.4, 0.5) is 5.69 Å². The lowest BCUT2D eigenvalue weighted by Gasteiger charge is -2.10. The second-order valence-corrected chi connectivity index (χ2v) is 6.97. The molecule has 0 fully saturated rings. The summed E-state index contributed by atoms with van der Waals surface area (Å²) in [6.07, 6.45) is 2.58. The molecule has 0 aliphatic heterocycles. The van der Waals surface area contributed by atoms with Crippen LogP contribution in [0.5, 0.6) is 11.5 Å². The van der Waals surface area contributed by atoms with Crippen LogP contribution in [0, 0.1) is 6.57 Å². The topological polar surface area (TPSA) is 55.8 Å². The normalized spacial score (nSPS) is 10.5. The average Bonchev–Trinajstić information content (AvgIpc) is 3.00. The molecule has 0 spiro atoms. The van der Waals surface area contributed by atoms with Crippen molar-refractivity contribution in [2.75, 3.05) is 6.26 Å². The molecule has 1 aromatic heterocycles. The summed E-state index contributed by atoms with van der Waals surface area (Å²) >= 11 is 1.61. The summed E-state index contributed by atoms with van der Waals surface area (Å²) in [5, 5.41) is 9.69. The number of rotatable bonds is 6. The lowest BCUT2D eigenvalue weighted by Crippen LogP contribution is -2.07. The minimum absolute atomic E-state index is 0.129. The average molecular weight is 392 g/mol. The molecule has 0 aliphatic carbocycles. The summed E-state index contributed by atoms with van der Waals surface area (Å²) in [5.41, 5.74) is 2.38. The number of ether oxygens (including phenoxy) is 1. The monoisotopic (exact) mass is 392 g/mol. The molecule has 28 heavy (non-hydrogen) atoms. The number of carbonyl (C=O) groups is 1. The summed E-state index contributed by atoms with van der Waals surface area (Å²) < 4.78 is 7.57. The van der Waals surface area contributed by atoms with E-state index >= 15 is 0 Å². The van der Waals surface area contributed by atoms with Gasteiger partial charge < -0.3 is 14.4 Å². The van der Waals surface area contributed by atoms with Crippen molar-refractivity contribution in [1.29, 1.82) is 0 Å². The van der Waals surface area contributed by atoms with Crippen LogP contribution in [0.15, 0.2) is 53.4 Å². The largest absolute Gasteiger partial charge is 0.477 e. The lowest BCUT2D eigenvalue weighted by atomic mass is 10.0. The van der Waals surface area contributed by atoms with Gasteiger partial charge in [-0.1, -0.05) is 31.2 Å². The Balaban J connectivity index is 2.03.